The number of carbonyl (C=O) groups excluding carboxylic acids is 1. The van der Waals surface area contributed by atoms with E-state index in [0.29, 0.717) is 25.3 Å². The largest absolute Gasteiger partial charge is 0.381 e. The minimum atomic E-state index is -0.316. The van der Waals surface area contributed by atoms with Gasteiger partial charge >= 0.3 is 0 Å². The van der Waals surface area contributed by atoms with Crippen molar-refractivity contribution in [3.8, 4) is 0 Å². The first kappa shape index (κ1) is 20.6. The molecular formula is C22H23FN4O2S. The van der Waals surface area contributed by atoms with Crippen LogP contribution in [-0.4, -0.2) is 40.8 Å². The highest BCUT2D eigenvalue weighted by molar-refractivity contribution is 7.98. The van der Waals surface area contributed by atoms with Crippen LogP contribution in [0, 0.1) is 5.82 Å². The second-order valence-corrected chi connectivity index (χ2v) is 8.33. The van der Waals surface area contributed by atoms with Crippen molar-refractivity contribution >= 4 is 17.7 Å². The number of benzene rings is 2. The van der Waals surface area contributed by atoms with Crippen LogP contribution >= 0.6 is 11.8 Å². The van der Waals surface area contributed by atoms with Crippen molar-refractivity contribution in [1.82, 2.24) is 20.5 Å². The summed E-state index contributed by atoms with van der Waals surface area (Å²) in [7, 11) is 0. The lowest BCUT2D eigenvalue weighted by atomic mass is 9.74. The van der Waals surface area contributed by atoms with Gasteiger partial charge in [-0.2, -0.15) is 5.10 Å². The Bertz CT molecular complexity index is 973. The van der Waals surface area contributed by atoms with E-state index in [9.17, 15) is 9.18 Å². The summed E-state index contributed by atoms with van der Waals surface area (Å²) in [6.45, 7) is 1.65. The van der Waals surface area contributed by atoms with Crippen LogP contribution in [0.3, 0.4) is 0 Å². The topological polar surface area (TPSA) is 79.9 Å². The van der Waals surface area contributed by atoms with Crippen molar-refractivity contribution in [2.45, 2.75) is 29.2 Å². The molecule has 1 fully saturated rings. The van der Waals surface area contributed by atoms with Crippen LogP contribution in [0.15, 0.2) is 60.0 Å². The molecule has 8 heteroatoms. The Morgan fingerprint density at radius 2 is 2.00 bits per heavy atom. The van der Waals surface area contributed by atoms with E-state index in [1.165, 1.54) is 12.4 Å². The molecule has 0 atom stereocenters. The highest BCUT2D eigenvalue weighted by Crippen LogP contribution is 2.34. The predicted octanol–water partition coefficient (Wildman–Crippen LogP) is 3.71. The van der Waals surface area contributed by atoms with Crippen LogP contribution in [0.5, 0.6) is 0 Å². The van der Waals surface area contributed by atoms with Gasteiger partial charge in [-0.05, 0) is 48.2 Å². The molecule has 0 spiro atoms. The van der Waals surface area contributed by atoms with Crippen LogP contribution in [0.2, 0.25) is 0 Å². The van der Waals surface area contributed by atoms with Gasteiger partial charge in [-0.15, -0.1) is 0 Å². The van der Waals surface area contributed by atoms with Gasteiger partial charge in [0.1, 0.15) is 12.1 Å². The molecule has 156 valence electrons. The lowest BCUT2D eigenvalue weighted by Crippen LogP contribution is -2.44. The number of hydrogen-bond acceptors (Lipinski definition) is 5. The van der Waals surface area contributed by atoms with Crippen molar-refractivity contribution < 1.29 is 13.9 Å². The molecule has 1 aliphatic heterocycles. The van der Waals surface area contributed by atoms with Crippen LogP contribution in [0.4, 0.5) is 4.39 Å². The normalized spacial score (nSPS) is 15.6. The molecule has 2 N–H and O–H groups in total. The van der Waals surface area contributed by atoms with Gasteiger partial charge in [-0.3, -0.25) is 9.89 Å². The number of aromatic amines is 1. The molecular weight excluding hydrogens is 403 g/mol. The number of ether oxygens (including phenoxy) is 1. The maximum atomic E-state index is 13.8. The number of nitrogens with zero attached hydrogens (tertiary/aromatic N) is 2. The zero-order valence-corrected chi connectivity index (χ0v) is 17.3. The van der Waals surface area contributed by atoms with Crippen LogP contribution in [0.25, 0.3) is 0 Å². The Labute approximate surface area is 178 Å². The Morgan fingerprint density at radius 3 is 2.70 bits per heavy atom. The molecule has 1 aromatic heterocycles. The first-order valence-corrected chi connectivity index (χ1v) is 10.8. The van der Waals surface area contributed by atoms with Crippen molar-refractivity contribution in [3.63, 3.8) is 0 Å². The fourth-order valence-electron chi connectivity index (χ4n) is 3.67. The molecule has 2 heterocycles. The minimum Gasteiger partial charge on any atom is -0.381 e. The zero-order chi connectivity index (χ0) is 20.8. The molecule has 0 aliphatic carbocycles. The van der Waals surface area contributed by atoms with E-state index in [-0.39, 0.29) is 17.1 Å². The molecule has 1 amide bonds. The van der Waals surface area contributed by atoms with Crippen molar-refractivity contribution in [2.24, 2.45) is 0 Å². The van der Waals surface area contributed by atoms with Crippen LogP contribution < -0.4 is 5.32 Å². The molecule has 2 aromatic carbocycles. The lowest BCUT2D eigenvalue weighted by Gasteiger charge is -2.38. The maximum Gasteiger partial charge on any atom is 0.251 e. The van der Waals surface area contributed by atoms with Crippen molar-refractivity contribution in [1.29, 1.82) is 0 Å². The van der Waals surface area contributed by atoms with Gasteiger partial charge in [-0.25, -0.2) is 9.37 Å². The number of amides is 1. The summed E-state index contributed by atoms with van der Waals surface area (Å²) in [5, 5.41) is 10.5. The second-order valence-electron chi connectivity index (χ2n) is 7.36. The van der Waals surface area contributed by atoms with Gasteiger partial charge in [0.2, 0.25) is 0 Å². The van der Waals surface area contributed by atoms with E-state index in [1.54, 1.807) is 23.9 Å². The molecule has 3 aromatic rings. The van der Waals surface area contributed by atoms with E-state index in [2.05, 4.69) is 20.5 Å². The van der Waals surface area contributed by atoms with E-state index in [1.807, 2.05) is 30.3 Å². The van der Waals surface area contributed by atoms with E-state index in [4.69, 9.17) is 4.74 Å². The summed E-state index contributed by atoms with van der Waals surface area (Å²) < 4.78 is 19.3. The van der Waals surface area contributed by atoms with E-state index >= 15 is 0 Å². The molecule has 1 aliphatic rings. The number of aromatic nitrogens is 3. The third-order valence-electron chi connectivity index (χ3n) is 5.46. The first-order valence-electron chi connectivity index (χ1n) is 9.84. The summed E-state index contributed by atoms with van der Waals surface area (Å²) in [4.78, 5) is 16.8. The number of H-pyrrole nitrogens is 1. The number of carbonyl (C=O) groups is 1. The third kappa shape index (κ3) is 4.88. The smallest absolute Gasteiger partial charge is 0.251 e. The number of halogens is 1. The van der Waals surface area contributed by atoms with Gasteiger partial charge in [-0.1, -0.05) is 36.0 Å². The minimum absolute atomic E-state index is 0.133. The molecule has 0 unspecified atom stereocenters. The summed E-state index contributed by atoms with van der Waals surface area (Å²) in [5.74, 6) is 0.343. The van der Waals surface area contributed by atoms with Crippen molar-refractivity contribution in [2.75, 3.05) is 19.8 Å². The Morgan fingerprint density at radius 1 is 1.20 bits per heavy atom. The third-order valence-corrected chi connectivity index (χ3v) is 6.41. The molecule has 0 saturated carbocycles. The molecule has 30 heavy (non-hydrogen) atoms. The lowest BCUT2D eigenvalue weighted by molar-refractivity contribution is 0.0486. The van der Waals surface area contributed by atoms with Gasteiger partial charge in [0, 0.05) is 36.5 Å². The van der Waals surface area contributed by atoms with E-state index in [0.717, 1.165) is 34.9 Å². The average molecular weight is 427 g/mol. The molecule has 4 rings (SSSR count). The predicted molar refractivity (Wildman–Crippen MR) is 113 cm³/mol. The molecule has 6 nitrogen and oxygen atoms in total. The van der Waals surface area contributed by atoms with Crippen LogP contribution in [-0.2, 0) is 15.9 Å². The fourth-order valence-corrected chi connectivity index (χ4v) is 4.40. The standard InChI is InChI=1S/C22H23FN4O2S/c23-19-3-1-2-18(12-19)22(8-10-29-11-9-22)14-24-20(28)17-6-4-16(5-7-17)13-30-21-25-15-26-27-21/h1-7,12,15H,8-11,13-14H2,(H,24,28)(H,25,26,27). The van der Waals surface area contributed by atoms with Crippen LogP contribution in [0.1, 0.15) is 34.3 Å². The number of hydrogen-bond donors (Lipinski definition) is 2. The first-order chi connectivity index (χ1) is 14.6. The van der Waals surface area contributed by atoms with Crippen molar-refractivity contribution in [3.05, 3.63) is 77.4 Å². The highest BCUT2D eigenvalue weighted by atomic mass is 32.2. The quantitative estimate of drug-likeness (QED) is 0.563. The summed E-state index contributed by atoms with van der Waals surface area (Å²) in [5.41, 5.74) is 2.29. The number of rotatable bonds is 7. The Hall–Kier alpha value is -2.71. The highest BCUT2D eigenvalue weighted by Gasteiger charge is 2.35. The molecule has 1 saturated heterocycles. The van der Waals surface area contributed by atoms with Gasteiger partial charge in [0.05, 0.1) is 0 Å². The van der Waals surface area contributed by atoms with Gasteiger partial charge in [0.25, 0.3) is 5.91 Å². The zero-order valence-electron chi connectivity index (χ0n) is 16.4. The summed E-state index contributed by atoms with van der Waals surface area (Å²) in [6.07, 6.45) is 2.97. The van der Waals surface area contributed by atoms with E-state index < -0.39 is 0 Å². The monoisotopic (exact) mass is 426 g/mol. The summed E-state index contributed by atoms with van der Waals surface area (Å²) in [6, 6.07) is 14.2. The van der Waals surface area contributed by atoms with Gasteiger partial charge < -0.3 is 10.1 Å². The molecule has 0 radical (unpaired) electrons. The second kappa shape index (κ2) is 9.40. The SMILES string of the molecule is O=C(NCC1(c2cccc(F)c2)CCOCC1)c1ccc(CSc2ncn[nH]2)cc1. The summed E-state index contributed by atoms with van der Waals surface area (Å²) >= 11 is 1.55. The fraction of sp³-hybridized carbons (Fsp3) is 0.318. The molecule has 0 bridgehead atoms. The number of thioether (sulfide) groups is 1. The van der Waals surface area contributed by atoms with Gasteiger partial charge in [0.15, 0.2) is 5.16 Å². The Kier molecular flexibility index (Phi) is 6.44. The maximum absolute atomic E-state index is 13.8. The number of nitrogens with one attached hydrogen (secondary N) is 2. The average Bonchev–Trinajstić information content (AvgIpc) is 3.31. The Balaban J connectivity index is 1.39.